The Bertz CT molecular complexity index is 610. The first-order valence-electron chi connectivity index (χ1n) is 8.09. The predicted octanol–water partition coefficient (Wildman–Crippen LogP) is 3.61. The molecule has 5 nitrogen and oxygen atoms in total. The highest BCUT2D eigenvalue weighted by Gasteiger charge is 2.46. The molecular formula is C17H26N2O3S. The van der Waals surface area contributed by atoms with Gasteiger partial charge in [-0.05, 0) is 19.8 Å². The van der Waals surface area contributed by atoms with E-state index in [-0.39, 0.29) is 11.3 Å². The third kappa shape index (κ3) is 3.27. The zero-order chi connectivity index (χ0) is 17.4. The second kappa shape index (κ2) is 6.23. The molecule has 0 unspecified atom stereocenters. The van der Waals surface area contributed by atoms with Gasteiger partial charge in [-0.25, -0.2) is 9.78 Å². The van der Waals surface area contributed by atoms with Crippen molar-refractivity contribution < 1.29 is 14.7 Å². The Morgan fingerprint density at radius 3 is 2.22 bits per heavy atom. The fraction of sp³-hybridized carbons (Fsp3) is 0.706. The number of likely N-dealkylation sites (N-methyl/N-ethyl adjacent to an activating group) is 1. The van der Waals surface area contributed by atoms with E-state index in [0.29, 0.717) is 23.4 Å². The Morgan fingerprint density at radius 2 is 1.78 bits per heavy atom. The van der Waals surface area contributed by atoms with Gasteiger partial charge in [0.2, 0.25) is 0 Å². The number of rotatable bonds is 3. The zero-order valence-electron chi connectivity index (χ0n) is 14.6. The lowest BCUT2D eigenvalue weighted by atomic mass is 9.80. The van der Waals surface area contributed by atoms with E-state index in [1.807, 2.05) is 6.92 Å². The van der Waals surface area contributed by atoms with Gasteiger partial charge in [-0.2, -0.15) is 0 Å². The average Bonchev–Trinajstić information content (AvgIpc) is 2.88. The fourth-order valence-corrected chi connectivity index (χ4v) is 4.19. The Hall–Kier alpha value is -1.43. The first-order valence-corrected chi connectivity index (χ1v) is 8.91. The molecule has 6 heteroatoms. The number of aryl methyl sites for hydroxylation is 1. The number of nitrogens with zero attached hydrogens (tertiary/aromatic N) is 2. The highest BCUT2D eigenvalue weighted by molar-refractivity contribution is 7.14. The first-order chi connectivity index (χ1) is 10.6. The van der Waals surface area contributed by atoms with Crippen LogP contribution in [0.2, 0.25) is 0 Å². The molecule has 0 bridgehead atoms. The maximum Gasteiger partial charge on any atom is 0.329 e. The van der Waals surface area contributed by atoms with Crippen LogP contribution in [0.25, 0.3) is 0 Å². The Kier molecular flexibility index (Phi) is 4.85. The molecule has 1 heterocycles. The number of carbonyl (C=O) groups is 2. The minimum Gasteiger partial charge on any atom is -0.479 e. The molecule has 0 aromatic carbocycles. The number of hydrogen-bond donors (Lipinski definition) is 1. The van der Waals surface area contributed by atoms with Crippen LogP contribution < -0.4 is 0 Å². The predicted molar refractivity (Wildman–Crippen MR) is 91.1 cm³/mol. The third-order valence-corrected chi connectivity index (χ3v) is 6.23. The van der Waals surface area contributed by atoms with Gasteiger partial charge in [0.15, 0.2) is 0 Å². The fourth-order valence-electron chi connectivity index (χ4n) is 3.09. The van der Waals surface area contributed by atoms with Crippen molar-refractivity contribution in [2.45, 2.75) is 70.8 Å². The monoisotopic (exact) mass is 338 g/mol. The number of carboxylic acids is 1. The maximum atomic E-state index is 12.9. The molecule has 1 saturated carbocycles. The van der Waals surface area contributed by atoms with E-state index < -0.39 is 11.5 Å². The quantitative estimate of drug-likeness (QED) is 0.914. The van der Waals surface area contributed by atoms with Crippen LogP contribution in [0.3, 0.4) is 0 Å². The van der Waals surface area contributed by atoms with Gasteiger partial charge in [-0.15, -0.1) is 11.3 Å². The molecule has 23 heavy (non-hydrogen) atoms. The normalized spacial score (nSPS) is 17.8. The van der Waals surface area contributed by atoms with Crippen molar-refractivity contribution in [3.63, 3.8) is 0 Å². The lowest BCUT2D eigenvalue weighted by Crippen LogP contribution is -2.56. The molecule has 1 aromatic rings. The number of hydrogen-bond acceptors (Lipinski definition) is 4. The number of thiazole rings is 1. The number of carbonyl (C=O) groups excluding carboxylic acids is 1. The molecule has 0 atom stereocenters. The van der Waals surface area contributed by atoms with E-state index >= 15 is 0 Å². The summed E-state index contributed by atoms with van der Waals surface area (Å²) in [6, 6.07) is 0. The zero-order valence-corrected chi connectivity index (χ0v) is 15.4. The van der Waals surface area contributed by atoms with E-state index in [9.17, 15) is 14.7 Å². The summed E-state index contributed by atoms with van der Waals surface area (Å²) in [4.78, 5) is 31.4. The number of amides is 1. The van der Waals surface area contributed by atoms with E-state index in [2.05, 4.69) is 25.8 Å². The highest BCUT2D eigenvalue weighted by Crippen LogP contribution is 2.36. The molecule has 1 aromatic heterocycles. The lowest BCUT2D eigenvalue weighted by molar-refractivity contribution is -0.151. The van der Waals surface area contributed by atoms with Crippen LogP contribution in [-0.4, -0.2) is 39.5 Å². The van der Waals surface area contributed by atoms with Crippen LogP contribution >= 0.6 is 11.3 Å². The standard InChI is InChI=1S/C17H26N2O3S/c1-11-12(23-14(18-11)16(2,3)4)13(20)19(5)17(15(21)22)9-7-6-8-10-17/h6-10H2,1-5H3,(H,21,22). The molecule has 0 radical (unpaired) electrons. The van der Waals surface area contributed by atoms with E-state index in [1.165, 1.54) is 16.2 Å². The van der Waals surface area contributed by atoms with E-state index in [4.69, 9.17) is 0 Å². The smallest absolute Gasteiger partial charge is 0.329 e. The number of aliphatic carboxylic acids is 1. The van der Waals surface area contributed by atoms with Crippen molar-refractivity contribution in [3.8, 4) is 0 Å². The number of carboxylic acid groups (broad SMARTS) is 1. The molecule has 1 fully saturated rings. The Labute approximate surface area is 141 Å². The molecule has 1 aliphatic rings. The topological polar surface area (TPSA) is 70.5 Å². The second-order valence-corrected chi connectivity index (χ2v) is 8.44. The summed E-state index contributed by atoms with van der Waals surface area (Å²) in [6.07, 6.45) is 3.77. The second-order valence-electron chi connectivity index (χ2n) is 7.45. The molecule has 0 saturated heterocycles. The average molecular weight is 338 g/mol. The summed E-state index contributed by atoms with van der Waals surface area (Å²) in [5.74, 6) is -1.12. The van der Waals surface area contributed by atoms with Crippen molar-refractivity contribution >= 4 is 23.2 Å². The molecule has 1 N–H and O–H groups in total. The van der Waals surface area contributed by atoms with Crippen LogP contribution in [0.5, 0.6) is 0 Å². The van der Waals surface area contributed by atoms with Crippen LogP contribution in [0.4, 0.5) is 0 Å². The van der Waals surface area contributed by atoms with Crippen LogP contribution in [0.1, 0.15) is 73.2 Å². The van der Waals surface area contributed by atoms with Crippen LogP contribution in [0, 0.1) is 6.92 Å². The third-order valence-electron chi connectivity index (χ3n) is 4.66. The number of aromatic nitrogens is 1. The molecular weight excluding hydrogens is 312 g/mol. The summed E-state index contributed by atoms with van der Waals surface area (Å²) in [5, 5.41) is 10.7. The van der Waals surface area contributed by atoms with Crippen molar-refractivity contribution in [1.29, 1.82) is 0 Å². The highest BCUT2D eigenvalue weighted by atomic mass is 32.1. The van der Waals surface area contributed by atoms with Gasteiger partial charge in [0.1, 0.15) is 10.4 Å². The summed E-state index contributed by atoms with van der Waals surface area (Å²) >= 11 is 1.38. The van der Waals surface area contributed by atoms with Gasteiger partial charge in [0, 0.05) is 12.5 Å². The van der Waals surface area contributed by atoms with Crippen molar-refractivity contribution in [1.82, 2.24) is 9.88 Å². The molecule has 128 valence electrons. The Morgan fingerprint density at radius 1 is 1.22 bits per heavy atom. The maximum absolute atomic E-state index is 12.9. The van der Waals surface area contributed by atoms with Crippen LogP contribution in [-0.2, 0) is 10.2 Å². The minimum atomic E-state index is -1.08. The van der Waals surface area contributed by atoms with Gasteiger partial charge in [0.05, 0.1) is 10.7 Å². The molecule has 0 spiro atoms. The largest absolute Gasteiger partial charge is 0.479 e. The Balaban J connectivity index is 2.35. The van der Waals surface area contributed by atoms with Crippen molar-refractivity contribution in [2.75, 3.05) is 7.05 Å². The summed E-state index contributed by atoms with van der Waals surface area (Å²) in [5.41, 5.74) is -0.511. The minimum absolute atomic E-state index is 0.123. The molecule has 1 aliphatic carbocycles. The van der Waals surface area contributed by atoms with Gasteiger partial charge in [-0.3, -0.25) is 4.79 Å². The van der Waals surface area contributed by atoms with Gasteiger partial charge in [0.25, 0.3) is 5.91 Å². The first kappa shape index (κ1) is 17.9. The SMILES string of the molecule is Cc1nc(C(C)(C)C)sc1C(=O)N(C)C1(C(=O)O)CCCCC1. The molecule has 0 aliphatic heterocycles. The lowest BCUT2D eigenvalue weighted by Gasteiger charge is -2.40. The van der Waals surface area contributed by atoms with Crippen molar-refractivity contribution in [2.24, 2.45) is 0 Å². The van der Waals surface area contributed by atoms with Gasteiger partial charge in [-0.1, -0.05) is 40.0 Å². The van der Waals surface area contributed by atoms with E-state index in [0.717, 1.165) is 24.3 Å². The summed E-state index contributed by atoms with van der Waals surface area (Å²) in [6.45, 7) is 8.00. The van der Waals surface area contributed by atoms with Crippen LogP contribution in [0.15, 0.2) is 0 Å². The van der Waals surface area contributed by atoms with Gasteiger partial charge >= 0.3 is 5.97 Å². The van der Waals surface area contributed by atoms with E-state index in [1.54, 1.807) is 7.05 Å². The molecule has 1 amide bonds. The van der Waals surface area contributed by atoms with Gasteiger partial charge < -0.3 is 10.0 Å². The molecule has 2 rings (SSSR count). The summed E-state index contributed by atoms with van der Waals surface area (Å²) in [7, 11) is 1.62. The summed E-state index contributed by atoms with van der Waals surface area (Å²) < 4.78 is 0. The van der Waals surface area contributed by atoms with Crippen molar-refractivity contribution in [3.05, 3.63) is 15.6 Å².